The number of hydrogen-bond acceptors (Lipinski definition) is 2. The lowest BCUT2D eigenvalue weighted by molar-refractivity contribution is 0.758. The summed E-state index contributed by atoms with van der Waals surface area (Å²) in [5, 5.41) is 5.48. The Morgan fingerprint density at radius 3 is 2.80 bits per heavy atom. The van der Waals surface area contributed by atoms with E-state index in [0.29, 0.717) is 0 Å². The molecule has 0 atom stereocenters. The van der Waals surface area contributed by atoms with E-state index in [1.165, 1.54) is 0 Å². The molecule has 0 heterocycles. The summed E-state index contributed by atoms with van der Waals surface area (Å²) in [6.45, 7) is 8.10. The third-order valence-electron chi connectivity index (χ3n) is 1.11. The third-order valence-corrected chi connectivity index (χ3v) is 1.11. The van der Waals surface area contributed by atoms with Crippen LogP contribution in [0.5, 0.6) is 0 Å². The zero-order valence-electron chi connectivity index (χ0n) is 6.19. The molecule has 2 N–H and O–H groups in total. The molecule has 0 aliphatic rings. The fraction of sp³-hybridized carbons (Fsp3) is 0.429. The molecular formula is C7H13BN2. The molecular weight excluding hydrogens is 123 g/mol. The average Bonchev–Trinajstić information content (AvgIpc) is 1.89. The van der Waals surface area contributed by atoms with E-state index in [-0.39, 0.29) is 0 Å². The highest BCUT2D eigenvalue weighted by molar-refractivity contribution is 6.04. The highest BCUT2D eigenvalue weighted by Gasteiger charge is 1.88. The molecule has 0 fully saturated rings. The van der Waals surface area contributed by atoms with Gasteiger partial charge in [0.1, 0.15) is 0 Å². The second-order valence-electron chi connectivity index (χ2n) is 2.01. The van der Waals surface area contributed by atoms with E-state index in [2.05, 4.69) is 23.7 Å². The van der Waals surface area contributed by atoms with Crippen LogP contribution in [0.4, 0.5) is 0 Å². The summed E-state index contributed by atoms with van der Waals surface area (Å²) in [4.78, 5) is 0. The molecule has 0 saturated carbocycles. The Balaban J connectivity index is 3.13. The molecule has 0 bridgehead atoms. The standard InChI is InChI=1S/C7H13BN2/c1-3-9-7(2)5-4-6-10-8/h3,9-10H,1-2,4-6H2. The predicted molar refractivity (Wildman–Crippen MR) is 45.5 cm³/mol. The van der Waals surface area contributed by atoms with Gasteiger partial charge in [0, 0.05) is 5.70 Å². The molecule has 0 aromatic carbocycles. The minimum absolute atomic E-state index is 0.817. The summed E-state index contributed by atoms with van der Waals surface area (Å²) in [6, 6.07) is 0. The van der Waals surface area contributed by atoms with Gasteiger partial charge in [0.2, 0.25) is 0 Å². The molecule has 2 nitrogen and oxygen atoms in total. The third kappa shape index (κ3) is 5.44. The molecule has 3 heteroatoms. The van der Waals surface area contributed by atoms with E-state index in [1.54, 1.807) is 6.20 Å². The molecule has 0 aliphatic carbocycles. The van der Waals surface area contributed by atoms with E-state index in [9.17, 15) is 0 Å². The minimum atomic E-state index is 0.817. The molecule has 0 amide bonds. The Kier molecular flexibility index (Phi) is 5.98. The lowest BCUT2D eigenvalue weighted by Gasteiger charge is -2.03. The normalized spacial score (nSPS) is 8.80. The highest BCUT2D eigenvalue weighted by Crippen LogP contribution is 1.95. The van der Waals surface area contributed by atoms with Crippen molar-refractivity contribution in [1.82, 2.24) is 10.5 Å². The molecule has 0 aromatic heterocycles. The molecule has 0 unspecified atom stereocenters. The fourth-order valence-corrected chi connectivity index (χ4v) is 0.620. The van der Waals surface area contributed by atoms with Crippen LogP contribution in [0, 0.1) is 0 Å². The van der Waals surface area contributed by atoms with Crippen molar-refractivity contribution in [2.24, 2.45) is 0 Å². The summed E-state index contributed by atoms with van der Waals surface area (Å²) in [5.41, 5.74) is 0.977. The van der Waals surface area contributed by atoms with Gasteiger partial charge < -0.3 is 10.5 Å². The number of hydrogen-bond donors (Lipinski definition) is 2. The maximum Gasteiger partial charge on any atom is 0.177 e. The summed E-state index contributed by atoms with van der Waals surface area (Å²) >= 11 is 0. The van der Waals surface area contributed by atoms with Crippen molar-refractivity contribution in [3.05, 3.63) is 25.1 Å². The number of allylic oxidation sites excluding steroid dienone is 1. The number of nitrogens with one attached hydrogen (secondary N) is 2. The minimum Gasteiger partial charge on any atom is -0.366 e. The van der Waals surface area contributed by atoms with Crippen LogP contribution in [0.15, 0.2) is 25.1 Å². The van der Waals surface area contributed by atoms with Gasteiger partial charge in [-0.2, -0.15) is 0 Å². The zero-order valence-corrected chi connectivity index (χ0v) is 6.19. The molecule has 54 valence electrons. The van der Waals surface area contributed by atoms with E-state index in [0.717, 1.165) is 25.1 Å². The molecule has 10 heavy (non-hydrogen) atoms. The monoisotopic (exact) mass is 136 g/mol. The maximum absolute atomic E-state index is 5.07. The predicted octanol–water partition coefficient (Wildman–Crippen LogP) is 0.686. The van der Waals surface area contributed by atoms with Crippen LogP contribution >= 0.6 is 0 Å². The van der Waals surface area contributed by atoms with Gasteiger partial charge in [-0.15, -0.1) is 0 Å². The Bertz CT molecular complexity index is 112. The highest BCUT2D eigenvalue weighted by atomic mass is 14.8. The van der Waals surface area contributed by atoms with Gasteiger partial charge in [0.25, 0.3) is 0 Å². The van der Waals surface area contributed by atoms with Crippen molar-refractivity contribution in [1.29, 1.82) is 0 Å². The first-order valence-electron chi connectivity index (χ1n) is 3.30. The maximum atomic E-state index is 5.07. The Morgan fingerprint density at radius 1 is 1.60 bits per heavy atom. The second kappa shape index (κ2) is 6.43. The van der Waals surface area contributed by atoms with Crippen LogP contribution in [0.25, 0.3) is 0 Å². The van der Waals surface area contributed by atoms with Gasteiger partial charge in [-0.25, -0.2) is 0 Å². The van der Waals surface area contributed by atoms with Crippen LogP contribution in [-0.4, -0.2) is 14.5 Å². The van der Waals surface area contributed by atoms with Crippen molar-refractivity contribution in [2.75, 3.05) is 6.54 Å². The first-order valence-corrected chi connectivity index (χ1v) is 3.30. The van der Waals surface area contributed by atoms with Crippen LogP contribution in [0.3, 0.4) is 0 Å². The summed E-state index contributed by atoms with van der Waals surface area (Å²) in [5.74, 6) is 0. The van der Waals surface area contributed by atoms with Crippen molar-refractivity contribution >= 4 is 7.98 Å². The lowest BCUT2D eigenvalue weighted by Crippen LogP contribution is -2.11. The van der Waals surface area contributed by atoms with E-state index < -0.39 is 0 Å². The average molecular weight is 136 g/mol. The molecule has 0 saturated heterocycles. The SMILES string of the molecule is [B]NCCCC(=C)NC=C. The van der Waals surface area contributed by atoms with Crippen molar-refractivity contribution in [3.63, 3.8) is 0 Å². The fourth-order valence-electron chi connectivity index (χ4n) is 0.620. The summed E-state index contributed by atoms with van der Waals surface area (Å²) in [7, 11) is 5.07. The summed E-state index contributed by atoms with van der Waals surface area (Å²) < 4.78 is 0. The van der Waals surface area contributed by atoms with Crippen LogP contribution in [0.2, 0.25) is 0 Å². The number of rotatable bonds is 6. The van der Waals surface area contributed by atoms with Gasteiger partial charge in [-0.3, -0.25) is 0 Å². The van der Waals surface area contributed by atoms with Crippen LogP contribution in [0.1, 0.15) is 12.8 Å². The van der Waals surface area contributed by atoms with Crippen molar-refractivity contribution < 1.29 is 0 Å². The Labute approximate surface area is 63.8 Å². The van der Waals surface area contributed by atoms with Gasteiger partial charge in [-0.05, 0) is 25.6 Å². The molecule has 0 aliphatic heterocycles. The van der Waals surface area contributed by atoms with E-state index in [1.807, 2.05) is 0 Å². The Hall–Kier alpha value is -0.695. The molecule has 0 aromatic rings. The second-order valence-corrected chi connectivity index (χ2v) is 2.01. The van der Waals surface area contributed by atoms with E-state index >= 15 is 0 Å². The van der Waals surface area contributed by atoms with Crippen molar-refractivity contribution in [2.45, 2.75) is 12.8 Å². The zero-order chi connectivity index (χ0) is 7.82. The van der Waals surface area contributed by atoms with E-state index in [4.69, 9.17) is 7.98 Å². The summed E-state index contributed by atoms with van der Waals surface area (Å²) in [6.07, 6.45) is 3.55. The largest absolute Gasteiger partial charge is 0.366 e. The first-order chi connectivity index (χ1) is 4.81. The van der Waals surface area contributed by atoms with Gasteiger partial charge in [0.05, 0.1) is 0 Å². The van der Waals surface area contributed by atoms with Gasteiger partial charge in [-0.1, -0.05) is 13.2 Å². The van der Waals surface area contributed by atoms with Crippen LogP contribution in [-0.2, 0) is 0 Å². The van der Waals surface area contributed by atoms with Gasteiger partial charge >= 0.3 is 0 Å². The first kappa shape index (κ1) is 9.30. The molecule has 0 rings (SSSR count). The van der Waals surface area contributed by atoms with Crippen molar-refractivity contribution in [3.8, 4) is 0 Å². The van der Waals surface area contributed by atoms with Gasteiger partial charge in [0.15, 0.2) is 7.98 Å². The topological polar surface area (TPSA) is 24.1 Å². The quantitative estimate of drug-likeness (QED) is 0.414. The smallest absolute Gasteiger partial charge is 0.177 e. The molecule has 2 radical (unpaired) electrons. The van der Waals surface area contributed by atoms with Crippen LogP contribution < -0.4 is 10.5 Å². The Morgan fingerprint density at radius 2 is 2.30 bits per heavy atom. The molecule has 0 spiro atoms. The lowest BCUT2D eigenvalue weighted by atomic mass is 10.2.